The van der Waals surface area contributed by atoms with Crippen molar-refractivity contribution < 1.29 is 32.5 Å². The van der Waals surface area contributed by atoms with Gasteiger partial charge in [0.2, 0.25) is 0 Å². The number of alkyl halides is 3. The summed E-state index contributed by atoms with van der Waals surface area (Å²) in [4.78, 5) is 5.51. The van der Waals surface area contributed by atoms with Gasteiger partial charge >= 0.3 is 6.18 Å². The maximum Gasteiger partial charge on any atom is 0.416 e. The lowest BCUT2D eigenvalue weighted by atomic mass is 10.1. The summed E-state index contributed by atoms with van der Waals surface area (Å²) in [6.07, 6.45) is -5.04. The summed E-state index contributed by atoms with van der Waals surface area (Å²) >= 11 is 1.42. The van der Waals surface area contributed by atoms with E-state index in [9.17, 15) is 18.3 Å². The van der Waals surface area contributed by atoms with Crippen LogP contribution >= 0.6 is 11.3 Å². The van der Waals surface area contributed by atoms with Crippen molar-refractivity contribution in [2.75, 3.05) is 6.61 Å². The molecule has 0 spiro atoms. The average Bonchev–Trinajstić information content (AvgIpc) is 3.20. The first-order valence-corrected chi connectivity index (χ1v) is 12.6. The smallest absolute Gasteiger partial charge is 0.416 e. The van der Waals surface area contributed by atoms with Crippen LogP contribution in [-0.2, 0) is 10.9 Å². The highest BCUT2D eigenvalue weighted by Crippen LogP contribution is 2.38. The highest BCUT2D eigenvalue weighted by Gasteiger charge is 2.32. The fourth-order valence-electron chi connectivity index (χ4n) is 3.62. The maximum absolute atomic E-state index is 12.9. The van der Waals surface area contributed by atoms with Crippen LogP contribution in [0.1, 0.15) is 61.9 Å². The van der Waals surface area contributed by atoms with Crippen LogP contribution in [0.25, 0.3) is 10.6 Å². The van der Waals surface area contributed by atoms with Gasteiger partial charge < -0.3 is 19.3 Å². The van der Waals surface area contributed by atoms with Crippen LogP contribution in [0.4, 0.5) is 13.2 Å². The third-order valence-corrected chi connectivity index (χ3v) is 6.97. The van der Waals surface area contributed by atoms with Crippen LogP contribution in [0.15, 0.2) is 42.5 Å². The van der Waals surface area contributed by atoms with Gasteiger partial charge in [-0.05, 0) is 76.9 Å². The van der Waals surface area contributed by atoms with Crippen LogP contribution in [-0.4, -0.2) is 28.6 Å². The minimum absolute atomic E-state index is 0.270. The molecule has 0 aliphatic heterocycles. The van der Waals surface area contributed by atoms with Crippen LogP contribution in [0.2, 0.25) is 0 Å². The lowest BCUT2D eigenvalue weighted by Crippen LogP contribution is -2.43. The van der Waals surface area contributed by atoms with E-state index >= 15 is 0 Å². The van der Waals surface area contributed by atoms with Crippen LogP contribution < -0.4 is 9.47 Å². The number of benzene rings is 2. The van der Waals surface area contributed by atoms with Gasteiger partial charge in [-0.15, -0.1) is 11.3 Å². The number of aliphatic hydroxyl groups is 1. The lowest BCUT2D eigenvalue weighted by Gasteiger charge is -2.31. The number of ether oxygens (including phenoxy) is 3. The number of aliphatic hydroxyl groups excluding tert-OH is 1. The van der Waals surface area contributed by atoms with Gasteiger partial charge in [0.05, 0.1) is 16.1 Å². The van der Waals surface area contributed by atoms with E-state index in [1.165, 1.54) is 23.5 Å². The van der Waals surface area contributed by atoms with Gasteiger partial charge in [-0.25, -0.2) is 4.98 Å². The number of aryl methyl sites for hydroxylation is 2. The Hall–Kier alpha value is -2.62. The normalized spacial score (nSPS) is 13.9. The summed E-state index contributed by atoms with van der Waals surface area (Å²) in [5.74, 6) is 1.26. The molecule has 3 aromatic rings. The first-order chi connectivity index (χ1) is 16.9. The molecule has 0 bridgehead atoms. The molecule has 1 N–H and O–H groups in total. The topological polar surface area (TPSA) is 60.8 Å². The van der Waals surface area contributed by atoms with E-state index in [2.05, 4.69) is 4.98 Å². The fraction of sp³-hybridized carbons (Fsp3) is 0.444. The van der Waals surface area contributed by atoms with Gasteiger partial charge in [0, 0.05) is 12.2 Å². The van der Waals surface area contributed by atoms with Crippen molar-refractivity contribution in [1.29, 1.82) is 0 Å². The minimum atomic E-state index is -4.37. The Morgan fingerprint density at radius 2 is 1.69 bits per heavy atom. The maximum atomic E-state index is 12.9. The molecule has 36 heavy (non-hydrogen) atoms. The zero-order valence-corrected chi connectivity index (χ0v) is 22.1. The molecule has 0 saturated heterocycles. The van der Waals surface area contributed by atoms with Crippen LogP contribution in [0.5, 0.6) is 11.5 Å². The second kappa shape index (κ2) is 11.2. The third-order valence-electron chi connectivity index (χ3n) is 5.67. The summed E-state index contributed by atoms with van der Waals surface area (Å²) in [5, 5.41) is 10.8. The number of rotatable bonds is 10. The average molecular weight is 524 g/mol. The molecular weight excluding hydrogens is 491 g/mol. The van der Waals surface area contributed by atoms with Crippen molar-refractivity contribution in [3.05, 3.63) is 64.2 Å². The molecule has 2 atom stereocenters. The highest BCUT2D eigenvalue weighted by molar-refractivity contribution is 7.15. The molecule has 0 radical (unpaired) electrons. The second-order valence-electron chi connectivity index (χ2n) is 9.00. The van der Waals surface area contributed by atoms with E-state index in [-0.39, 0.29) is 6.10 Å². The molecule has 9 heteroatoms. The Balaban J connectivity index is 1.77. The van der Waals surface area contributed by atoms with E-state index in [1.807, 2.05) is 26.8 Å². The first-order valence-electron chi connectivity index (χ1n) is 11.8. The minimum Gasteiger partial charge on any atom is -0.485 e. The number of halogens is 3. The zero-order chi connectivity index (χ0) is 26.7. The Kier molecular flexibility index (Phi) is 8.69. The van der Waals surface area contributed by atoms with Crippen LogP contribution in [0.3, 0.4) is 0 Å². The molecule has 2 aromatic carbocycles. The van der Waals surface area contributed by atoms with Crippen molar-refractivity contribution in [2.24, 2.45) is 0 Å². The van der Waals surface area contributed by atoms with Crippen molar-refractivity contribution >= 4 is 11.3 Å². The lowest BCUT2D eigenvalue weighted by molar-refractivity contribution is -0.186. The van der Waals surface area contributed by atoms with E-state index in [4.69, 9.17) is 14.2 Å². The molecule has 1 unspecified atom stereocenters. The van der Waals surface area contributed by atoms with Gasteiger partial charge in [-0.2, -0.15) is 13.2 Å². The number of nitrogens with zero attached hydrogens (tertiary/aromatic N) is 1. The number of hydrogen-bond donors (Lipinski definition) is 1. The van der Waals surface area contributed by atoms with Gasteiger partial charge in [0.15, 0.2) is 11.9 Å². The SMILES string of the molecule is CCOC(O)C(C)(C)Oc1ccc(O[C@@H](CC)c2sc(-c3ccc(C(F)(F)F)cc3)nc2C)cc1C. The molecule has 5 nitrogen and oxygen atoms in total. The van der Waals surface area contributed by atoms with Gasteiger partial charge in [-0.3, -0.25) is 0 Å². The van der Waals surface area contributed by atoms with E-state index in [0.717, 1.165) is 28.3 Å². The predicted octanol–water partition coefficient (Wildman–Crippen LogP) is 7.49. The van der Waals surface area contributed by atoms with Gasteiger partial charge in [0.25, 0.3) is 0 Å². The molecular formula is C27H32F3NO4S. The zero-order valence-electron chi connectivity index (χ0n) is 21.3. The van der Waals surface area contributed by atoms with Crippen molar-refractivity contribution in [2.45, 2.75) is 72.1 Å². The molecule has 196 valence electrons. The molecule has 3 rings (SSSR count). The summed E-state index contributed by atoms with van der Waals surface area (Å²) in [7, 11) is 0. The Morgan fingerprint density at radius 1 is 1.03 bits per heavy atom. The Morgan fingerprint density at radius 3 is 2.25 bits per heavy atom. The van der Waals surface area contributed by atoms with Gasteiger partial charge in [0.1, 0.15) is 22.6 Å². The van der Waals surface area contributed by atoms with E-state index in [0.29, 0.717) is 35.1 Å². The molecule has 0 aliphatic carbocycles. The third kappa shape index (κ3) is 6.57. The number of aromatic nitrogens is 1. The number of thiazole rings is 1. The van der Waals surface area contributed by atoms with Crippen molar-refractivity contribution in [3.63, 3.8) is 0 Å². The quantitative estimate of drug-likeness (QED) is 0.279. The summed E-state index contributed by atoms with van der Waals surface area (Å²) in [6.45, 7) is 11.5. The van der Waals surface area contributed by atoms with Crippen molar-refractivity contribution in [1.82, 2.24) is 4.98 Å². The van der Waals surface area contributed by atoms with Crippen molar-refractivity contribution in [3.8, 4) is 22.1 Å². The molecule has 1 aromatic heterocycles. The largest absolute Gasteiger partial charge is 0.485 e. The van der Waals surface area contributed by atoms with Crippen LogP contribution in [0, 0.1) is 13.8 Å². The predicted molar refractivity (Wildman–Crippen MR) is 134 cm³/mol. The van der Waals surface area contributed by atoms with Gasteiger partial charge in [-0.1, -0.05) is 19.1 Å². The summed E-state index contributed by atoms with van der Waals surface area (Å²) < 4.78 is 56.3. The second-order valence-corrected chi connectivity index (χ2v) is 10.0. The monoisotopic (exact) mass is 523 g/mol. The fourth-order valence-corrected chi connectivity index (χ4v) is 4.81. The molecule has 0 aliphatic rings. The standard InChI is InChI=1S/C27H32F3NO4S/c1-7-21(23-17(4)31-24(36-23)18-9-11-19(12-10-18)27(28,29)30)34-20-13-14-22(16(3)15-20)35-26(5,6)25(32)33-8-2/h9-15,21,25,32H,7-8H2,1-6H3/t21-,25?/m0/s1. The highest BCUT2D eigenvalue weighted by atomic mass is 32.1. The number of hydrogen-bond acceptors (Lipinski definition) is 6. The van der Waals surface area contributed by atoms with E-state index < -0.39 is 23.6 Å². The Bertz CT molecular complexity index is 1160. The molecule has 0 fully saturated rings. The molecule has 0 amide bonds. The Labute approximate surface area is 213 Å². The van der Waals surface area contributed by atoms with E-state index in [1.54, 1.807) is 32.9 Å². The summed E-state index contributed by atoms with van der Waals surface area (Å²) in [5.41, 5.74) is 0.624. The summed E-state index contributed by atoms with van der Waals surface area (Å²) in [6, 6.07) is 10.5. The molecule has 1 heterocycles. The molecule has 0 saturated carbocycles. The first kappa shape index (κ1) is 28.0.